The largest absolute Gasteiger partial charge is 0.378 e. The average molecular weight is 305 g/mol. The van der Waals surface area contributed by atoms with Gasteiger partial charge in [-0.2, -0.15) is 0 Å². The third-order valence-corrected chi connectivity index (χ3v) is 2.75. The Bertz CT molecular complexity index is 577. The molecule has 4 nitrogen and oxygen atoms in total. The maximum Gasteiger partial charge on any atom is 0.181 e. The van der Waals surface area contributed by atoms with Crippen LogP contribution in [0.5, 0.6) is 0 Å². The molecule has 18 heavy (non-hydrogen) atoms. The third kappa shape index (κ3) is 3.09. The molecule has 0 saturated heterocycles. The van der Waals surface area contributed by atoms with Crippen LogP contribution in [0.4, 0.5) is 0 Å². The fourth-order valence-corrected chi connectivity index (χ4v) is 2.04. The van der Waals surface area contributed by atoms with Crippen LogP contribution in [-0.4, -0.2) is 22.1 Å². The van der Waals surface area contributed by atoms with Crippen molar-refractivity contribution >= 4 is 34.8 Å². The zero-order chi connectivity index (χ0) is 13.1. The van der Waals surface area contributed by atoms with Gasteiger partial charge in [0.2, 0.25) is 0 Å². The molecule has 0 saturated carbocycles. The quantitative estimate of drug-likeness (QED) is 0.812. The van der Waals surface area contributed by atoms with Crippen molar-refractivity contribution in [3.8, 4) is 11.5 Å². The Labute approximate surface area is 119 Å². The van der Waals surface area contributed by atoms with Crippen molar-refractivity contribution in [3.05, 3.63) is 39.2 Å². The average Bonchev–Trinajstić information content (AvgIpc) is 2.28. The van der Waals surface area contributed by atoms with Crippen LogP contribution in [0.15, 0.2) is 18.3 Å². The number of aromatic nitrogens is 3. The summed E-state index contributed by atoms with van der Waals surface area (Å²) < 4.78 is 5.00. The second kappa shape index (κ2) is 5.80. The molecule has 0 atom stereocenters. The van der Waals surface area contributed by atoms with Crippen LogP contribution >= 0.6 is 34.8 Å². The second-order valence-corrected chi connectivity index (χ2v) is 4.65. The summed E-state index contributed by atoms with van der Waals surface area (Å²) in [7, 11) is 1.57. The van der Waals surface area contributed by atoms with E-state index in [1.54, 1.807) is 19.2 Å². The molecule has 0 radical (unpaired) electrons. The Morgan fingerprint density at radius 3 is 2.61 bits per heavy atom. The summed E-state index contributed by atoms with van der Waals surface area (Å²) in [5.41, 5.74) is 1.08. The van der Waals surface area contributed by atoms with E-state index < -0.39 is 0 Å². The molecule has 7 heteroatoms. The Hall–Kier alpha value is -0.940. The minimum Gasteiger partial charge on any atom is -0.378 e. The summed E-state index contributed by atoms with van der Waals surface area (Å²) in [5, 5.41) is 1.12. The van der Waals surface area contributed by atoms with Crippen LogP contribution in [0.25, 0.3) is 11.5 Å². The van der Waals surface area contributed by atoms with Crippen molar-refractivity contribution in [1.29, 1.82) is 0 Å². The molecule has 94 valence electrons. The fraction of sp³-hybridized carbons (Fsp3) is 0.182. The monoisotopic (exact) mass is 303 g/mol. The Kier molecular flexibility index (Phi) is 4.35. The molecule has 0 aliphatic rings. The highest BCUT2D eigenvalue weighted by Gasteiger charge is 2.11. The first kappa shape index (κ1) is 13.5. The topological polar surface area (TPSA) is 47.9 Å². The predicted octanol–water partition coefficient (Wildman–Crippen LogP) is 3.65. The minimum absolute atomic E-state index is 0.305. The number of nitrogens with zero attached hydrogens (tertiary/aromatic N) is 3. The normalized spacial score (nSPS) is 10.7. The highest BCUT2D eigenvalue weighted by Crippen LogP contribution is 2.26. The molecular formula is C11H8Cl3N3O. The van der Waals surface area contributed by atoms with E-state index >= 15 is 0 Å². The number of pyridine rings is 1. The maximum atomic E-state index is 6.04. The van der Waals surface area contributed by atoms with Crippen molar-refractivity contribution < 1.29 is 4.74 Å². The van der Waals surface area contributed by atoms with E-state index in [0.717, 1.165) is 0 Å². The van der Waals surface area contributed by atoms with Crippen molar-refractivity contribution in [1.82, 2.24) is 15.0 Å². The van der Waals surface area contributed by atoms with Gasteiger partial charge in [-0.3, -0.25) is 0 Å². The van der Waals surface area contributed by atoms with Crippen LogP contribution in [0, 0.1) is 0 Å². The molecule has 0 aromatic carbocycles. The smallest absolute Gasteiger partial charge is 0.181 e. The van der Waals surface area contributed by atoms with Gasteiger partial charge in [-0.1, -0.05) is 34.8 Å². The number of halogens is 3. The van der Waals surface area contributed by atoms with Crippen molar-refractivity contribution in [3.63, 3.8) is 0 Å². The lowest BCUT2D eigenvalue weighted by Gasteiger charge is -2.05. The molecule has 0 spiro atoms. The van der Waals surface area contributed by atoms with Crippen LogP contribution < -0.4 is 0 Å². The van der Waals surface area contributed by atoms with Crippen LogP contribution in [0.2, 0.25) is 15.2 Å². The Balaban J connectivity index is 2.49. The standard InChI is InChI=1S/C11H8Cl3N3O/c1-18-5-7-3-9(14)17-11(16-7)10-8(13)2-6(12)4-15-10/h2-4H,5H2,1H3. The summed E-state index contributed by atoms with van der Waals surface area (Å²) >= 11 is 17.7. The third-order valence-electron chi connectivity index (χ3n) is 2.06. The molecule has 2 aromatic rings. The van der Waals surface area contributed by atoms with E-state index in [1.165, 1.54) is 6.20 Å². The summed E-state index contributed by atoms with van der Waals surface area (Å²) in [6, 6.07) is 3.20. The van der Waals surface area contributed by atoms with E-state index in [2.05, 4.69) is 15.0 Å². The van der Waals surface area contributed by atoms with Gasteiger partial charge in [0.15, 0.2) is 5.82 Å². The van der Waals surface area contributed by atoms with E-state index in [0.29, 0.717) is 39.0 Å². The molecule has 0 aliphatic heterocycles. The SMILES string of the molecule is COCc1cc(Cl)nc(-c2ncc(Cl)cc2Cl)n1. The van der Waals surface area contributed by atoms with Gasteiger partial charge in [-0.15, -0.1) is 0 Å². The summed E-state index contributed by atoms with van der Waals surface area (Å²) in [6.07, 6.45) is 1.48. The highest BCUT2D eigenvalue weighted by atomic mass is 35.5. The van der Waals surface area contributed by atoms with Crippen LogP contribution in [0.3, 0.4) is 0 Å². The highest BCUT2D eigenvalue weighted by molar-refractivity contribution is 6.36. The molecule has 2 aromatic heterocycles. The van der Waals surface area contributed by atoms with Crippen LogP contribution in [0.1, 0.15) is 5.69 Å². The van der Waals surface area contributed by atoms with E-state index in [1.807, 2.05) is 0 Å². The zero-order valence-corrected chi connectivity index (χ0v) is 11.6. The van der Waals surface area contributed by atoms with Gasteiger partial charge in [0.1, 0.15) is 10.8 Å². The van der Waals surface area contributed by atoms with Crippen molar-refractivity contribution in [2.24, 2.45) is 0 Å². The van der Waals surface area contributed by atoms with Gasteiger partial charge in [0.05, 0.1) is 22.3 Å². The van der Waals surface area contributed by atoms with E-state index in [-0.39, 0.29) is 0 Å². The lowest BCUT2D eigenvalue weighted by molar-refractivity contribution is 0.181. The van der Waals surface area contributed by atoms with Crippen molar-refractivity contribution in [2.75, 3.05) is 7.11 Å². The molecule has 0 fully saturated rings. The number of methoxy groups -OCH3 is 1. The molecule has 0 amide bonds. The first-order chi connectivity index (χ1) is 8.60. The first-order valence-electron chi connectivity index (χ1n) is 4.94. The Morgan fingerprint density at radius 2 is 1.94 bits per heavy atom. The molecule has 0 aliphatic carbocycles. The van der Waals surface area contributed by atoms with E-state index in [4.69, 9.17) is 39.5 Å². The number of rotatable bonds is 3. The van der Waals surface area contributed by atoms with Gasteiger partial charge < -0.3 is 4.74 Å². The van der Waals surface area contributed by atoms with Gasteiger partial charge in [0, 0.05) is 13.3 Å². The van der Waals surface area contributed by atoms with Crippen molar-refractivity contribution in [2.45, 2.75) is 6.61 Å². The lowest BCUT2D eigenvalue weighted by atomic mass is 10.3. The van der Waals surface area contributed by atoms with Gasteiger partial charge >= 0.3 is 0 Å². The zero-order valence-electron chi connectivity index (χ0n) is 9.32. The molecule has 2 rings (SSSR count). The number of ether oxygens (including phenoxy) is 1. The molecule has 0 N–H and O–H groups in total. The molecule has 0 bridgehead atoms. The summed E-state index contributed by atoms with van der Waals surface area (Å²) in [4.78, 5) is 12.5. The first-order valence-corrected chi connectivity index (χ1v) is 6.07. The minimum atomic E-state index is 0.305. The maximum absolute atomic E-state index is 6.04. The Morgan fingerprint density at radius 1 is 1.17 bits per heavy atom. The van der Waals surface area contributed by atoms with E-state index in [9.17, 15) is 0 Å². The fourth-order valence-electron chi connectivity index (χ4n) is 1.37. The second-order valence-electron chi connectivity index (χ2n) is 3.42. The van der Waals surface area contributed by atoms with Gasteiger partial charge in [0.25, 0.3) is 0 Å². The lowest BCUT2D eigenvalue weighted by Crippen LogP contribution is -1.99. The molecule has 0 unspecified atom stereocenters. The van der Waals surface area contributed by atoms with Gasteiger partial charge in [-0.05, 0) is 12.1 Å². The summed E-state index contributed by atoms with van der Waals surface area (Å²) in [5.74, 6) is 0.344. The summed E-state index contributed by atoms with van der Waals surface area (Å²) in [6.45, 7) is 0.334. The molecule has 2 heterocycles. The number of hydrogen-bond acceptors (Lipinski definition) is 4. The predicted molar refractivity (Wildman–Crippen MR) is 71.0 cm³/mol. The van der Waals surface area contributed by atoms with Gasteiger partial charge in [-0.25, -0.2) is 15.0 Å². The van der Waals surface area contributed by atoms with Crippen LogP contribution in [-0.2, 0) is 11.3 Å². The molecular weight excluding hydrogens is 296 g/mol. The number of hydrogen-bond donors (Lipinski definition) is 0.